The molecule has 274 valence electrons. The maximum Gasteiger partial charge on any atom is 0.307 e. The summed E-state index contributed by atoms with van der Waals surface area (Å²) in [5.41, 5.74) is 17.0. The monoisotopic (exact) mass is 747 g/mol. The summed E-state index contributed by atoms with van der Waals surface area (Å²) >= 11 is 12.0. The van der Waals surface area contributed by atoms with Crippen LogP contribution in [-0.4, -0.2) is 54.2 Å². The van der Waals surface area contributed by atoms with Gasteiger partial charge in [-0.05, 0) is 84.3 Å². The van der Waals surface area contributed by atoms with Crippen LogP contribution < -0.4 is 16.8 Å². The molecule has 0 heterocycles. The Morgan fingerprint density at radius 2 is 1.17 bits per heavy atom. The molecule has 0 bridgehead atoms. The molecule has 0 fully saturated rings. The number of carbonyl (C=O) groups is 4. The number of nitrogens with one attached hydrogen (secondary N) is 1. The van der Waals surface area contributed by atoms with Crippen LogP contribution in [0.1, 0.15) is 37.8 Å². The van der Waals surface area contributed by atoms with E-state index in [1.54, 1.807) is 19.9 Å². The van der Waals surface area contributed by atoms with Crippen LogP contribution in [0.2, 0.25) is 10.0 Å². The Morgan fingerprint density at radius 3 is 1.62 bits per heavy atom. The van der Waals surface area contributed by atoms with E-state index in [-0.39, 0.29) is 31.5 Å². The number of hydrogen-bond donors (Lipinski definition) is 4. The lowest BCUT2D eigenvalue weighted by Crippen LogP contribution is -2.39. The Kier molecular flexibility index (Phi) is 16.9. The normalized spacial score (nSPS) is 12.1. The van der Waals surface area contributed by atoms with Crippen molar-refractivity contribution in [2.75, 3.05) is 13.2 Å². The average Bonchev–Trinajstić information content (AvgIpc) is 3.09. The zero-order valence-corrected chi connectivity index (χ0v) is 30.5. The van der Waals surface area contributed by atoms with Crippen molar-refractivity contribution in [3.63, 3.8) is 0 Å². The van der Waals surface area contributed by atoms with Gasteiger partial charge in [-0.3, -0.25) is 19.2 Å². The molecule has 0 aliphatic heterocycles. The number of aliphatic hydroxyl groups is 1. The quantitative estimate of drug-likeness (QED) is 0.0588. The number of esters is 2. The fourth-order valence-corrected chi connectivity index (χ4v) is 5.53. The first-order chi connectivity index (χ1) is 24.9. The van der Waals surface area contributed by atoms with Crippen molar-refractivity contribution in [3.05, 3.63) is 130 Å². The average molecular weight is 749 g/mol. The molecule has 4 aromatic rings. The molecule has 2 atom stereocenters. The zero-order chi connectivity index (χ0) is 38.0. The summed E-state index contributed by atoms with van der Waals surface area (Å²) in [7, 11) is 0. The number of nitrogens with two attached hydrogens (primary N) is 2. The van der Waals surface area contributed by atoms with Gasteiger partial charge >= 0.3 is 11.9 Å². The summed E-state index contributed by atoms with van der Waals surface area (Å²) in [6, 6.07) is 30.0. The number of carbonyl (C=O) groups excluding carboxylic acids is 4. The maximum absolute atomic E-state index is 12.1. The SMILES string of the molecule is CCOC(=O)C[C@@H](Cc1ccc(-c2cccc(Cl)c2)cc1)NC(=O)/C(O)=C/C(N)=O.CCOC(=O)C[C@H](N)Cc1ccc(-c2cccc(Cl)c2)cc1. The first-order valence-corrected chi connectivity index (χ1v) is 17.4. The Labute approximate surface area is 313 Å². The van der Waals surface area contributed by atoms with Gasteiger partial charge in [0.1, 0.15) is 0 Å². The highest BCUT2D eigenvalue weighted by atomic mass is 35.5. The second-order valence-electron chi connectivity index (χ2n) is 11.7. The number of rotatable bonds is 15. The van der Waals surface area contributed by atoms with Gasteiger partial charge in [-0.25, -0.2) is 0 Å². The van der Waals surface area contributed by atoms with Gasteiger partial charge in [-0.15, -0.1) is 0 Å². The largest absolute Gasteiger partial charge is 0.503 e. The molecule has 10 nitrogen and oxygen atoms in total. The molecule has 0 aliphatic carbocycles. The second kappa shape index (κ2) is 21.3. The molecular weight excluding hydrogens is 705 g/mol. The van der Waals surface area contributed by atoms with E-state index in [9.17, 15) is 24.3 Å². The van der Waals surface area contributed by atoms with Gasteiger partial charge in [-0.1, -0.05) is 96.0 Å². The van der Waals surface area contributed by atoms with Crippen molar-refractivity contribution in [1.29, 1.82) is 0 Å². The minimum Gasteiger partial charge on any atom is -0.503 e. The fourth-order valence-electron chi connectivity index (χ4n) is 5.15. The molecule has 0 saturated carbocycles. The van der Waals surface area contributed by atoms with Crippen molar-refractivity contribution >= 4 is 47.0 Å². The number of hydrogen-bond acceptors (Lipinski definition) is 8. The Morgan fingerprint density at radius 1 is 0.712 bits per heavy atom. The van der Waals surface area contributed by atoms with Gasteiger partial charge in [0.2, 0.25) is 5.91 Å². The lowest BCUT2D eigenvalue weighted by atomic mass is 9.99. The summed E-state index contributed by atoms with van der Waals surface area (Å²) in [6.45, 7) is 4.07. The topological polar surface area (TPSA) is 171 Å². The molecule has 4 rings (SSSR count). The van der Waals surface area contributed by atoms with Crippen LogP contribution in [-0.2, 0) is 41.5 Å². The first-order valence-electron chi connectivity index (χ1n) is 16.6. The van der Waals surface area contributed by atoms with Gasteiger partial charge in [-0.2, -0.15) is 0 Å². The molecule has 0 spiro atoms. The predicted octanol–water partition coefficient (Wildman–Crippen LogP) is 6.74. The number of primary amides is 1. The number of aliphatic hydroxyl groups excluding tert-OH is 1. The Bertz CT molecular complexity index is 1830. The molecule has 12 heteroatoms. The molecule has 0 saturated heterocycles. The lowest BCUT2D eigenvalue weighted by molar-refractivity contribution is -0.144. The van der Waals surface area contributed by atoms with Crippen LogP contribution in [0.3, 0.4) is 0 Å². The van der Waals surface area contributed by atoms with Crippen LogP contribution in [0.15, 0.2) is 109 Å². The number of ether oxygens (including phenoxy) is 2. The van der Waals surface area contributed by atoms with Gasteiger partial charge < -0.3 is 31.4 Å². The molecule has 0 aromatic heterocycles. The van der Waals surface area contributed by atoms with Gasteiger partial charge in [0, 0.05) is 22.1 Å². The van der Waals surface area contributed by atoms with Crippen LogP contribution >= 0.6 is 23.2 Å². The minimum atomic E-state index is -0.957. The van der Waals surface area contributed by atoms with E-state index in [0.717, 1.165) is 38.4 Å². The Hall–Kier alpha value is -5.16. The van der Waals surface area contributed by atoms with E-state index in [1.807, 2.05) is 91.0 Å². The molecule has 52 heavy (non-hydrogen) atoms. The van der Waals surface area contributed by atoms with Crippen molar-refractivity contribution in [1.82, 2.24) is 5.32 Å². The van der Waals surface area contributed by atoms with Crippen molar-refractivity contribution in [2.45, 2.75) is 51.6 Å². The summed E-state index contributed by atoms with van der Waals surface area (Å²) in [5.74, 6) is -3.42. The summed E-state index contributed by atoms with van der Waals surface area (Å²) < 4.78 is 9.86. The highest BCUT2D eigenvalue weighted by Crippen LogP contribution is 2.25. The molecule has 0 aliphatic rings. The molecular formula is C40H43Cl2N3O7. The Balaban J connectivity index is 0.000000294. The van der Waals surface area contributed by atoms with Crippen molar-refractivity contribution < 1.29 is 33.8 Å². The van der Waals surface area contributed by atoms with E-state index < -0.39 is 29.6 Å². The second-order valence-corrected chi connectivity index (χ2v) is 12.6. The third kappa shape index (κ3) is 14.6. The summed E-state index contributed by atoms with van der Waals surface area (Å²) in [4.78, 5) is 46.2. The molecule has 0 unspecified atom stereocenters. The van der Waals surface area contributed by atoms with Crippen LogP contribution in [0.25, 0.3) is 22.3 Å². The van der Waals surface area contributed by atoms with Crippen LogP contribution in [0.4, 0.5) is 0 Å². The predicted molar refractivity (Wildman–Crippen MR) is 203 cm³/mol. The molecule has 4 aromatic carbocycles. The number of benzene rings is 4. The highest BCUT2D eigenvalue weighted by Gasteiger charge is 2.20. The summed E-state index contributed by atoms with van der Waals surface area (Å²) in [6.07, 6.45) is 1.71. The van der Waals surface area contributed by atoms with Gasteiger partial charge in [0.15, 0.2) is 5.76 Å². The third-order valence-corrected chi connectivity index (χ3v) is 7.97. The number of amides is 2. The van der Waals surface area contributed by atoms with Crippen LogP contribution in [0, 0.1) is 0 Å². The van der Waals surface area contributed by atoms with Crippen molar-refractivity contribution in [3.8, 4) is 22.3 Å². The highest BCUT2D eigenvalue weighted by molar-refractivity contribution is 6.31. The maximum atomic E-state index is 12.1. The van der Waals surface area contributed by atoms with E-state index >= 15 is 0 Å². The first kappa shape index (κ1) is 41.3. The third-order valence-electron chi connectivity index (χ3n) is 7.50. The zero-order valence-electron chi connectivity index (χ0n) is 29.0. The van der Waals surface area contributed by atoms with Crippen molar-refractivity contribution in [2.24, 2.45) is 11.5 Å². The standard InChI is InChI=1S/C22H23ClN2O5.C18H20ClNO2/c1-2-30-21(28)12-18(25-22(29)19(26)13-20(24)27)10-14-6-8-15(9-7-14)16-4-3-5-17(23)11-16;1-2-22-18(21)12-17(20)10-13-6-8-14(9-7-13)15-4-3-5-16(19)11-15/h3-9,11,13,18,26H,2,10,12H2,1H3,(H2,24,27)(H,25,29);3-9,11,17H,2,10,12,20H2,1H3/b19-13-;/t18-;17-/m11/s1. The van der Waals surface area contributed by atoms with E-state index in [0.29, 0.717) is 30.5 Å². The molecule has 0 radical (unpaired) electrons. The van der Waals surface area contributed by atoms with Crippen LogP contribution in [0.5, 0.6) is 0 Å². The van der Waals surface area contributed by atoms with E-state index in [4.69, 9.17) is 44.1 Å². The van der Waals surface area contributed by atoms with E-state index in [2.05, 4.69) is 5.32 Å². The smallest absolute Gasteiger partial charge is 0.307 e. The minimum absolute atomic E-state index is 0.0977. The number of halogens is 2. The summed E-state index contributed by atoms with van der Waals surface area (Å²) in [5, 5.41) is 13.5. The van der Waals surface area contributed by atoms with Gasteiger partial charge in [0.25, 0.3) is 5.91 Å². The van der Waals surface area contributed by atoms with E-state index in [1.165, 1.54) is 0 Å². The fraction of sp³-hybridized carbons (Fsp3) is 0.250. The molecule has 2 amide bonds. The molecule has 6 N–H and O–H groups in total. The lowest BCUT2D eigenvalue weighted by Gasteiger charge is -2.18. The van der Waals surface area contributed by atoms with Gasteiger partial charge in [0.05, 0.1) is 32.1 Å².